The summed E-state index contributed by atoms with van der Waals surface area (Å²) in [6, 6.07) is 0. The minimum Gasteiger partial charge on any atom is -0.383 e. The zero-order valence-corrected chi connectivity index (χ0v) is 9.75. The van der Waals surface area contributed by atoms with Crippen molar-refractivity contribution in [1.82, 2.24) is 10.2 Å². The van der Waals surface area contributed by atoms with Gasteiger partial charge in [-0.05, 0) is 11.8 Å². The van der Waals surface area contributed by atoms with Crippen LogP contribution in [-0.4, -0.2) is 51.3 Å². The van der Waals surface area contributed by atoms with Crippen molar-refractivity contribution in [2.45, 2.75) is 13.8 Å². The molecule has 14 heavy (non-hydrogen) atoms. The summed E-state index contributed by atoms with van der Waals surface area (Å²) in [5, 5.41) is 3.38. The van der Waals surface area contributed by atoms with Crippen molar-refractivity contribution in [3.05, 3.63) is 0 Å². The van der Waals surface area contributed by atoms with Gasteiger partial charge in [-0.15, -0.1) is 0 Å². The molecule has 3 heteroatoms. The van der Waals surface area contributed by atoms with Gasteiger partial charge >= 0.3 is 0 Å². The highest BCUT2D eigenvalue weighted by atomic mass is 16.5. The topological polar surface area (TPSA) is 24.5 Å². The van der Waals surface area contributed by atoms with Crippen molar-refractivity contribution in [3.8, 4) is 0 Å². The fourth-order valence-electron chi connectivity index (χ4n) is 1.97. The molecule has 2 atom stereocenters. The van der Waals surface area contributed by atoms with Gasteiger partial charge in [-0.1, -0.05) is 13.8 Å². The van der Waals surface area contributed by atoms with Gasteiger partial charge in [-0.3, -0.25) is 0 Å². The van der Waals surface area contributed by atoms with E-state index in [-0.39, 0.29) is 0 Å². The summed E-state index contributed by atoms with van der Waals surface area (Å²) in [5.41, 5.74) is 0. The molecular formula is C11H24N2O. The molecule has 1 saturated heterocycles. The standard InChI is InChI=1S/C11H24N2O/c1-10-8-13(9-11(10)2)6-4-12-5-7-14-3/h10-12H,4-9H2,1-3H3. The van der Waals surface area contributed by atoms with Crippen molar-refractivity contribution < 1.29 is 4.74 Å². The maximum atomic E-state index is 4.97. The van der Waals surface area contributed by atoms with E-state index in [4.69, 9.17) is 4.74 Å². The maximum Gasteiger partial charge on any atom is 0.0587 e. The van der Waals surface area contributed by atoms with Crippen LogP contribution in [0.3, 0.4) is 0 Å². The first-order valence-electron chi connectivity index (χ1n) is 5.66. The first-order chi connectivity index (χ1) is 6.74. The van der Waals surface area contributed by atoms with Crippen LogP contribution in [0.4, 0.5) is 0 Å². The lowest BCUT2D eigenvalue weighted by molar-refractivity contribution is 0.197. The van der Waals surface area contributed by atoms with E-state index in [1.165, 1.54) is 19.6 Å². The van der Waals surface area contributed by atoms with E-state index < -0.39 is 0 Å². The zero-order chi connectivity index (χ0) is 10.4. The van der Waals surface area contributed by atoms with Gasteiger partial charge in [0.15, 0.2) is 0 Å². The highest BCUT2D eigenvalue weighted by Crippen LogP contribution is 2.21. The van der Waals surface area contributed by atoms with Crippen molar-refractivity contribution in [2.24, 2.45) is 11.8 Å². The second-order valence-corrected chi connectivity index (χ2v) is 4.46. The van der Waals surface area contributed by atoms with E-state index in [2.05, 4.69) is 24.1 Å². The third-order valence-corrected chi connectivity index (χ3v) is 3.15. The average molecular weight is 200 g/mol. The van der Waals surface area contributed by atoms with Crippen molar-refractivity contribution in [3.63, 3.8) is 0 Å². The Kier molecular flexibility index (Phi) is 5.45. The molecule has 1 N–H and O–H groups in total. The Balaban J connectivity index is 1.97. The molecule has 84 valence electrons. The monoisotopic (exact) mass is 200 g/mol. The Hall–Kier alpha value is -0.120. The molecule has 0 saturated carbocycles. The summed E-state index contributed by atoms with van der Waals surface area (Å²) in [5.74, 6) is 1.74. The van der Waals surface area contributed by atoms with Crippen LogP contribution in [0.5, 0.6) is 0 Å². The summed E-state index contributed by atoms with van der Waals surface area (Å²) < 4.78 is 4.97. The summed E-state index contributed by atoms with van der Waals surface area (Å²) in [6.45, 7) is 11.3. The fourth-order valence-corrected chi connectivity index (χ4v) is 1.97. The number of rotatable bonds is 6. The summed E-state index contributed by atoms with van der Waals surface area (Å²) in [6.07, 6.45) is 0. The molecular weight excluding hydrogens is 176 g/mol. The maximum absolute atomic E-state index is 4.97. The predicted molar refractivity (Wildman–Crippen MR) is 59.5 cm³/mol. The Labute approximate surface area is 87.8 Å². The van der Waals surface area contributed by atoms with E-state index in [0.717, 1.165) is 31.5 Å². The molecule has 0 amide bonds. The van der Waals surface area contributed by atoms with E-state index in [1.54, 1.807) is 7.11 Å². The summed E-state index contributed by atoms with van der Waals surface area (Å²) in [7, 11) is 1.74. The molecule has 0 radical (unpaired) electrons. The third-order valence-electron chi connectivity index (χ3n) is 3.15. The highest BCUT2D eigenvalue weighted by molar-refractivity contribution is 4.78. The highest BCUT2D eigenvalue weighted by Gasteiger charge is 2.24. The Morgan fingerprint density at radius 3 is 2.43 bits per heavy atom. The predicted octanol–water partition coefficient (Wildman–Crippen LogP) is 0.810. The lowest BCUT2D eigenvalue weighted by Gasteiger charge is -2.15. The van der Waals surface area contributed by atoms with Gasteiger partial charge in [0.1, 0.15) is 0 Å². The van der Waals surface area contributed by atoms with Gasteiger partial charge in [0.25, 0.3) is 0 Å². The lowest BCUT2D eigenvalue weighted by Crippen LogP contribution is -2.32. The number of nitrogens with one attached hydrogen (secondary N) is 1. The number of hydrogen-bond donors (Lipinski definition) is 1. The van der Waals surface area contributed by atoms with Crippen molar-refractivity contribution >= 4 is 0 Å². The molecule has 0 aromatic rings. The minimum atomic E-state index is 0.812. The lowest BCUT2D eigenvalue weighted by atomic mass is 10.0. The van der Waals surface area contributed by atoms with Gasteiger partial charge in [0, 0.05) is 39.8 Å². The second-order valence-electron chi connectivity index (χ2n) is 4.46. The molecule has 0 aromatic heterocycles. The molecule has 0 bridgehead atoms. The van der Waals surface area contributed by atoms with E-state index >= 15 is 0 Å². The molecule has 0 spiro atoms. The van der Waals surface area contributed by atoms with E-state index in [9.17, 15) is 0 Å². The molecule has 1 aliphatic heterocycles. The molecule has 1 rings (SSSR count). The van der Waals surface area contributed by atoms with E-state index in [0.29, 0.717) is 0 Å². The summed E-state index contributed by atoms with van der Waals surface area (Å²) in [4.78, 5) is 2.55. The Morgan fingerprint density at radius 2 is 1.86 bits per heavy atom. The van der Waals surface area contributed by atoms with Crippen LogP contribution in [0.1, 0.15) is 13.8 Å². The third kappa shape index (κ3) is 3.95. The van der Waals surface area contributed by atoms with Crippen LogP contribution in [0.15, 0.2) is 0 Å². The molecule has 3 nitrogen and oxygen atoms in total. The first kappa shape index (κ1) is 12.0. The first-order valence-corrected chi connectivity index (χ1v) is 5.66. The van der Waals surface area contributed by atoms with Crippen molar-refractivity contribution in [1.29, 1.82) is 0 Å². The fraction of sp³-hybridized carbons (Fsp3) is 1.00. The van der Waals surface area contributed by atoms with Gasteiger partial charge in [0.2, 0.25) is 0 Å². The number of methoxy groups -OCH3 is 1. The van der Waals surface area contributed by atoms with E-state index in [1.807, 2.05) is 0 Å². The number of likely N-dealkylation sites (tertiary alicyclic amines) is 1. The van der Waals surface area contributed by atoms with Gasteiger partial charge in [0.05, 0.1) is 6.61 Å². The molecule has 0 aliphatic carbocycles. The Morgan fingerprint density at radius 1 is 1.21 bits per heavy atom. The molecule has 1 fully saturated rings. The smallest absolute Gasteiger partial charge is 0.0587 e. The van der Waals surface area contributed by atoms with Crippen LogP contribution in [0, 0.1) is 11.8 Å². The zero-order valence-electron chi connectivity index (χ0n) is 9.75. The minimum absolute atomic E-state index is 0.812. The van der Waals surface area contributed by atoms with Crippen LogP contribution in [0.25, 0.3) is 0 Å². The number of ether oxygens (including phenoxy) is 1. The second kappa shape index (κ2) is 6.38. The van der Waals surface area contributed by atoms with Gasteiger partial charge in [-0.25, -0.2) is 0 Å². The van der Waals surface area contributed by atoms with Crippen molar-refractivity contribution in [2.75, 3.05) is 46.4 Å². The largest absolute Gasteiger partial charge is 0.383 e. The van der Waals surface area contributed by atoms with Gasteiger partial charge in [-0.2, -0.15) is 0 Å². The number of nitrogens with zero attached hydrogens (tertiary/aromatic N) is 1. The number of hydrogen-bond acceptors (Lipinski definition) is 3. The molecule has 1 aliphatic rings. The normalized spacial score (nSPS) is 28.5. The molecule has 1 heterocycles. The SMILES string of the molecule is COCCNCCN1CC(C)C(C)C1. The van der Waals surface area contributed by atoms with Crippen LogP contribution >= 0.6 is 0 Å². The summed E-state index contributed by atoms with van der Waals surface area (Å²) >= 11 is 0. The molecule has 2 unspecified atom stereocenters. The quantitative estimate of drug-likeness (QED) is 0.642. The van der Waals surface area contributed by atoms with Gasteiger partial charge < -0.3 is 15.0 Å². The Bertz CT molecular complexity index is 142. The average Bonchev–Trinajstić information content (AvgIpc) is 2.46. The van der Waals surface area contributed by atoms with Crippen LogP contribution < -0.4 is 5.32 Å². The van der Waals surface area contributed by atoms with Crippen LogP contribution in [-0.2, 0) is 4.74 Å². The molecule has 0 aromatic carbocycles. The van der Waals surface area contributed by atoms with Crippen LogP contribution in [0.2, 0.25) is 0 Å².